The number of benzene rings is 1. The summed E-state index contributed by atoms with van der Waals surface area (Å²) in [5.74, 6) is 0.405. The zero-order valence-electron chi connectivity index (χ0n) is 16.4. The van der Waals surface area contributed by atoms with Crippen LogP contribution in [0.5, 0.6) is 0 Å². The molecule has 8 heteroatoms. The maximum Gasteiger partial charge on any atom is 0.265 e. The van der Waals surface area contributed by atoms with Gasteiger partial charge in [-0.05, 0) is 24.0 Å². The lowest BCUT2D eigenvalue weighted by molar-refractivity contribution is 0.0951. The van der Waals surface area contributed by atoms with Crippen LogP contribution in [-0.2, 0) is 7.05 Å². The van der Waals surface area contributed by atoms with Gasteiger partial charge in [-0.1, -0.05) is 38.1 Å². The molecule has 1 unspecified atom stereocenters. The molecule has 3 rings (SSSR count). The first-order valence-corrected chi connectivity index (χ1v) is 8.88. The van der Waals surface area contributed by atoms with Gasteiger partial charge in [-0.15, -0.1) is 12.4 Å². The SMILES string of the molecule is Cc1oc2ncn(C)c(=O)c2c1C(=O)NCC(N)c1ccc(C(C)C)cc1.Cl. The number of halogens is 1. The quantitative estimate of drug-likeness (QED) is 0.680. The molecule has 0 aliphatic heterocycles. The largest absolute Gasteiger partial charge is 0.442 e. The second-order valence-corrected chi connectivity index (χ2v) is 7.01. The van der Waals surface area contributed by atoms with Crippen molar-refractivity contribution in [1.29, 1.82) is 0 Å². The molecule has 0 radical (unpaired) electrons. The van der Waals surface area contributed by atoms with Crippen molar-refractivity contribution >= 4 is 29.4 Å². The fraction of sp³-hybridized carbons (Fsp3) is 0.350. The molecule has 0 saturated heterocycles. The number of fused-ring (bicyclic) bond motifs is 1. The van der Waals surface area contributed by atoms with E-state index in [1.165, 1.54) is 16.5 Å². The summed E-state index contributed by atoms with van der Waals surface area (Å²) in [5, 5.41) is 2.99. The highest BCUT2D eigenvalue weighted by Gasteiger charge is 2.22. The Labute approximate surface area is 169 Å². The van der Waals surface area contributed by atoms with Gasteiger partial charge < -0.3 is 20.0 Å². The van der Waals surface area contributed by atoms with E-state index in [4.69, 9.17) is 10.2 Å². The normalized spacial score (nSPS) is 12.1. The van der Waals surface area contributed by atoms with Crippen molar-refractivity contribution in [3.05, 3.63) is 63.4 Å². The van der Waals surface area contributed by atoms with Crippen LogP contribution in [0.2, 0.25) is 0 Å². The molecule has 0 bridgehead atoms. The molecule has 1 amide bonds. The van der Waals surface area contributed by atoms with E-state index in [0.717, 1.165) is 5.56 Å². The van der Waals surface area contributed by atoms with Crippen LogP contribution < -0.4 is 16.6 Å². The molecule has 0 saturated carbocycles. The summed E-state index contributed by atoms with van der Waals surface area (Å²) >= 11 is 0. The highest BCUT2D eigenvalue weighted by Crippen LogP contribution is 2.21. The second kappa shape index (κ2) is 8.58. The number of amides is 1. The van der Waals surface area contributed by atoms with Gasteiger partial charge in [0.1, 0.15) is 17.5 Å². The molecule has 2 heterocycles. The van der Waals surface area contributed by atoms with Crippen molar-refractivity contribution in [3.63, 3.8) is 0 Å². The Kier molecular flexibility index (Phi) is 6.64. The Morgan fingerprint density at radius 1 is 1.25 bits per heavy atom. The molecular formula is C20H25ClN4O3. The van der Waals surface area contributed by atoms with Gasteiger partial charge in [0.25, 0.3) is 11.5 Å². The van der Waals surface area contributed by atoms with Crippen LogP contribution in [0.4, 0.5) is 0 Å². The van der Waals surface area contributed by atoms with Gasteiger partial charge in [0.15, 0.2) is 0 Å². The Hall–Kier alpha value is -2.64. The highest BCUT2D eigenvalue weighted by molar-refractivity contribution is 6.06. The van der Waals surface area contributed by atoms with E-state index in [1.54, 1.807) is 14.0 Å². The Bertz CT molecular complexity index is 1040. The first-order valence-electron chi connectivity index (χ1n) is 8.88. The molecule has 3 aromatic rings. The van der Waals surface area contributed by atoms with Gasteiger partial charge in [-0.3, -0.25) is 9.59 Å². The zero-order chi connectivity index (χ0) is 19.7. The molecule has 28 heavy (non-hydrogen) atoms. The van der Waals surface area contributed by atoms with Crippen LogP contribution in [0.1, 0.15) is 53.1 Å². The van der Waals surface area contributed by atoms with Crippen LogP contribution >= 0.6 is 12.4 Å². The first kappa shape index (κ1) is 21.7. The van der Waals surface area contributed by atoms with E-state index in [9.17, 15) is 9.59 Å². The fourth-order valence-corrected chi connectivity index (χ4v) is 3.00. The van der Waals surface area contributed by atoms with Gasteiger partial charge in [0, 0.05) is 19.6 Å². The third-order valence-electron chi connectivity index (χ3n) is 4.69. The van der Waals surface area contributed by atoms with Gasteiger partial charge in [0.05, 0.1) is 5.56 Å². The molecule has 3 N–H and O–H groups in total. The van der Waals surface area contributed by atoms with E-state index < -0.39 is 5.91 Å². The number of hydrogen-bond donors (Lipinski definition) is 2. The van der Waals surface area contributed by atoms with E-state index >= 15 is 0 Å². The minimum absolute atomic E-state index is 0. The number of carbonyl (C=O) groups excluding carboxylic acids is 1. The number of hydrogen-bond acceptors (Lipinski definition) is 5. The Morgan fingerprint density at radius 3 is 2.46 bits per heavy atom. The van der Waals surface area contributed by atoms with E-state index in [0.29, 0.717) is 11.7 Å². The highest BCUT2D eigenvalue weighted by atomic mass is 35.5. The number of furan rings is 1. The average molecular weight is 405 g/mol. The number of carbonyl (C=O) groups is 1. The Morgan fingerprint density at radius 2 is 1.86 bits per heavy atom. The third kappa shape index (κ3) is 4.10. The van der Waals surface area contributed by atoms with E-state index in [-0.39, 0.29) is 47.2 Å². The maximum absolute atomic E-state index is 12.7. The van der Waals surface area contributed by atoms with Crippen molar-refractivity contribution < 1.29 is 9.21 Å². The summed E-state index contributed by atoms with van der Waals surface area (Å²) in [6, 6.07) is 7.69. The predicted octanol–water partition coefficient (Wildman–Crippen LogP) is 2.81. The lowest BCUT2D eigenvalue weighted by Gasteiger charge is -2.14. The van der Waals surface area contributed by atoms with Crippen molar-refractivity contribution in [1.82, 2.24) is 14.9 Å². The van der Waals surface area contributed by atoms with Crippen molar-refractivity contribution in [2.45, 2.75) is 32.7 Å². The smallest absolute Gasteiger partial charge is 0.265 e. The van der Waals surface area contributed by atoms with Crippen LogP contribution in [0.25, 0.3) is 11.1 Å². The van der Waals surface area contributed by atoms with Gasteiger partial charge in [0.2, 0.25) is 5.71 Å². The molecule has 1 atom stereocenters. The number of nitrogens with one attached hydrogen (secondary N) is 1. The van der Waals surface area contributed by atoms with Crippen LogP contribution in [0, 0.1) is 6.92 Å². The Balaban J connectivity index is 0.00000280. The van der Waals surface area contributed by atoms with Crippen molar-refractivity contribution in [2.75, 3.05) is 6.54 Å². The van der Waals surface area contributed by atoms with Crippen molar-refractivity contribution in [3.8, 4) is 0 Å². The van der Waals surface area contributed by atoms with E-state index in [1.807, 2.05) is 24.3 Å². The molecule has 0 aliphatic rings. The zero-order valence-corrected chi connectivity index (χ0v) is 17.2. The molecular weight excluding hydrogens is 380 g/mol. The third-order valence-corrected chi connectivity index (χ3v) is 4.69. The minimum atomic E-state index is -0.398. The predicted molar refractivity (Wildman–Crippen MR) is 111 cm³/mol. The molecule has 1 aromatic carbocycles. The summed E-state index contributed by atoms with van der Waals surface area (Å²) < 4.78 is 6.78. The summed E-state index contributed by atoms with van der Waals surface area (Å²) in [4.78, 5) is 29.1. The minimum Gasteiger partial charge on any atom is -0.442 e. The summed E-state index contributed by atoms with van der Waals surface area (Å²) in [5.41, 5.74) is 8.43. The molecule has 0 aliphatic carbocycles. The summed E-state index contributed by atoms with van der Waals surface area (Å²) in [7, 11) is 1.58. The van der Waals surface area contributed by atoms with E-state index in [2.05, 4.69) is 24.1 Å². The molecule has 7 nitrogen and oxygen atoms in total. The van der Waals surface area contributed by atoms with Gasteiger partial charge in [-0.25, -0.2) is 4.98 Å². The standard InChI is InChI=1S/C20H24N4O3.ClH/c1-11(2)13-5-7-14(8-6-13)15(21)9-22-18(25)16-12(3)27-19-17(16)20(26)24(4)10-23-19;/h5-8,10-11,15H,9,21H2,1-4H3,(H,22,25);1H. The molecule has 0 fully saturated rings. The van der Waals surface area contributed by atoms with Crippen molar-refractivity contribution in [2.24, 2.45) is 12.8 Å². The number of nitrogens with two attached hydrogens (primary N) is 1. The number of nitrogens with zero attached hydrogens (tertiary/aromatic N) is 2. The topological polar surface area (TPSA) is 103 Å². The molecule has 0 spiro atoms. The molecule has 2 aromatic heterocycles. The number of aromatic nitrogens is 2. The van der Waals surface area contributed by atoms with Crippen LogP contribution in [-0.4, -0.2) is 22.0 Å². The lowest BCUT2D eigenvalue weighted by atomic mass is 9.99. The second-order valence-electron chi connectivity index (χ2n) is 7.01. The lowest BCUT2D eigenvalue weighted by Crippen LogP contribution is -2.32. The monoisotopic (exact) mass is 404 g/mol. The van der Waals surface area contributed by atoms with Crippen LogP contribution in [0.15, 0.2) is 39.8 Å². The summed E-state index contributed by atoms with van der Waals surface area (Å²) in [6.07, 6.45) is 1.37. The molecule has 150 valence electrons. The number of aryl methyl sites for hydroxylation is 2. The average Bonchev–Trinajstić information content (AvgIpc) is 2.99. The number of rotatable bonds is 5. The van der Waals surface area contributed by atoms with Gasteiger partial charge >= 0.3 is 0 Å². The maximum atomic E-state index is 12.7. The first-order chi connectivity index (χ1) is 12.8. The van der Waals surface area contributed by atoms with Crippen LogP contribution in [0.3, 0.4) is 0 Å². The fourth-order valence-electron chi connectivity index (χ4n) is 3.00. The summed E-state index contributed by atoms with van der Waals surface area (Å²) in [6.45, 7) is 6.14. The van der Waals surface area contributed by atoms with Gasteiger partial charge in [-0.2, -0.15) is 0 Å².